The molecule has 4 rings (SSSR count). The Kier molecular flexibility index (Phi) is 6.11. The number of rotatable bonds is 8. The number of hydrogen-bond acceptors (Lipinski definition) is 6. The number of aliphatic hydroxyl groups excluding tert-OH is 1. The number of nitrogens with one attached hydrogen (secondary N) is 1. The molecule has 0 bridgehead atoms. The maximum absolute atomic E-state index is 9.24. The lowest BCUT2D eigenvalue weighted by molar-refractivity contribution is 0.302. The molecule has 0 amide bonds. The fourth-order valence-corrected chi connectivity index (χ4v) is 4.10. The van der Waals surface area contributed by atoms with Crippen LogP contribution in [-0.4, -0.2) is 39.3 Å². The second-order valence-electron chi connectivity index (χ2n) is 6.98. The monoisotopic (exact) mass is 419 g/mol. The summed E-state index contributed by atoms with van der Waals surface area (Å²) in [5.74, 6) is 0. The molecule has 30 heavy (non-hydrogen) atoms. The van der Waals surface area contributed by atoms with Crippen molar-refractivity contribution in [3.63, 3.8) is 0 Å². The molecule has 2 aromatic heterocycles. The van der Waals surface area contributed by atoms with Crippen LogP contribution in [0.15, 0.2) is 66.6 Å². The van der Waals surface area contributed by atoms with Gasteiger partial charge in [0.15, 0.2) is 5.13 Å². The predicted octanol–water partition coefficient (Wildman–Crippen LogP) is 4.87. The normalized spacial score (nSPS) is 10.9. The Morgan fingerprint density at radius 1 is 1.17 bits per heavy atom. The van der Waals surface area contributed by atoms with E-state index < -0.39 is 0 Å². The summed E-state index contributed by atoms with van der Waals surface area (Å²) in [5, 5.41) is 15.6. The molecular formula is C23H25N5OS. The number of hydrogen-bond donors (Lipinski definition) is 2. The van der Waals surface area contributed by atoms with Crippen LogP contribution in [0.5, 0.6) is 0 Å². The number of nitrogens with zero attached hydrogens (tertiary/aromatic N) is 4. The van der Waals surface area contributed by atoms with Gasteiger partial charge in [-0.1, -0.05) is 12.1 Å². The van der Waals surface area contributed by atoms with E-state index in [-0.39, 0.29) is 6.61 Å². The van der Waals surface area contributed by atoms with Gasteiger partial charge in [0.05, 0.1) is 18.6 Å². The summed E-state index contributed by atoms with van der Waals surface area (Å²) in [4.78, 5) is 11.0. The van der Waals surface area contributed by atoms with Gasteiger partial charge in [-0.25, -0.2) is 9.97 Å². The topological polar surface area (TPSA) is 66.2 Å². The third kappa shape index (κ3) is 4.37. The summed E-state index contributed by atoms with van der Waals surface area (Å²) in [6.07, 6.45) is 5.49. The third-order valence-electron chi connectivity index (χ3n) is 5.04. The summed E-state index contributed by atoms with van der Waals surface area (Å²) in [6, 6.07) is 14.6. The van der Waals surface area contributed by atoms with E-state index in [1.54, 1.807) is 23.9 Å². The van der Waals surface area contributed by atoms with Crippen LogP contribution < -0.4 is 10.2 Å². The average Bonchev–Trinajstić information content (AvgIpc) is 3.46. The van der Waals surface area contributed by atoms with Crippen molar-refractivity contribution in [1.82, 2.24) is 14.5 Å². The molecule has 0 unspecified atom stereocenters. The number of aryl methyl sites for hydroxylation is 1. The lowest BCUT2D eigenvalue weighted by atomic mass is 10.1. The largest absolute Gasteiger partial charge is 0.395 e. The Labute approximate surface area is 180 Å². The molecule has 0 atom stereocenters. The molecule has 0 aliphatic heterocycles. The van der Waals surface area contributed by atoms with Gasteiger partial charge in [0.25, 0.3) is 0 Å². The Morgan fingerprint density at radius 3 is 2.67 bits per heavy atom. The van der Waals surface area contributed by atoms with Crippen molar-refractivity contribution in [2.24, 2.45) is 0 Å². The summed E-state index contributed by atoms with van der Waals surface area (Å²) < 4.78 is 1.98. The molecule has 2 aromatic carbocycles. The SMILES string of the molecule is CCN(CCO)c1ccc(Nc2nc(-c3ccc(-n4ccnc4)cc3)cs2)c(C)c1. The second kappa shape index (κ2) is 9.11. The maximum Gasteiger partial charge on any atom is 0.187 e. The van der Waals surface area contributed by atoms with Gasteiger partial charge in [0, 0.05) is 53.5 Å². The van der Waals surface area contributed by atoms with E-state index in [1.165, 1.54) is 0 Å². The highest BCUT2D eigenvalue weighted by molar-refractivity contribution is 7.14. The zero-order chi connectivity index (χ0) is 20.9. The number of benzene rings is 2. The highest BCUT2D eigenvalue weighted by Crippen LogP contribution is 2.30. The number of anilines is 3. The van der Waals surface area contributed by atoms with Crippen LogP contribution in [0.2, 0.25) is 0 Å². The number of aliphatic hydroxyl groups is 1. The molecule has 6 nitrogen and oxygen atoms in total. The van der Waals surface area contributed by atoms with E-state index in [0.29, 0.717) is 6.54 Å². The molecule has 154 valence electrons. The van der Waals surface area contributed by atoms with Crippen molar-refractivity contribution < 1.29 is 5.11 Å². The summed E-state index contributed by atoms with van der Waals surface area (Å²) in [6.45, 7) is 5.83. The molecule has 0 spiro atoms. The van der Waals surface area contributed by atoms with Gasteiger partial charge in [-0.15, -0.1) is 11.3 Å². The first-order valence-corrected chi connectivity index (χ1v) is 10.8. The van der Waals surface area contributed by atoms with Crippen LogP contribution >= 0.6 is 11.3 Å². The quantitative estimate of drug-likeness (QED) is 0.427. The van der Waals surface area contributed by atoms with Crippen LogP contribution in [-0.2, 0) is 0 Å². The van der Waals surface area contributed by atoms with Gasteiger partial charge in [-0.05, 0) is 49.7 Å². The van der Waals surface area contributed by atoms with E-state index in [2.05, 4.69) is 76.9 Å². The minimum atomic E-state index is 0.151. The Balaban J connectivity index is 1.48. The van der Waals surface area contributed by atoms with Gasteiger partial charge in [-0.3, -0.25) is 0 Å². The van der Waals surface area contributed by atoms with E-state index in [9.17, 15) is 5.11 Å². The summed E-state index contributed by atoms with van der Waals surface area (Å²) >= 11 is 1.59. The van der Waals surface area contributed by atoms with Crippen LogP contribution in [0.4, 0.5) is 16.5 Å². The molecular weight excluding hydrogens is 394 g/mol. The van der Waals surface area contributed by atoms with Crippen molar-refractivity contribution in [3.05, 3.63) is 72.1 Å². The second-order valence-corrected chi connectivity index (χ2v) is 7.84. The third-order valence-corrected chi connectivity index (χ3v) is 5.80. The first-order valence-electron chi connectivity index (χ1n) is 9.95. The van der Waals surface area contributed by atoms with E-state index in [1.807, 2.05) is 10.8 Å². The molecule has 2 N–H and O–H groups in total. The number of imidazole rings is 1. The Morgan fingerprint density at radius 2 is 2.00 bits per heavy atom. The van der Waals surface area contributed by atoms with Crippen molar-refractivity contribution in [2.75, 3.05) is 29.9 Å². The van der Waals surface area contributed by atoms with E-state index in [4.69, 9.17) is 4.98 Å². The van der Waals surface area contributed by atoms with Gasteiger partial charge < -0.3 is 19.9 Å². The molecule has 0 radical (unpaired) electrons. The van der Waals surface area contributed by atoms with Crippen molar-refractivity contribution in [2.45, 2.75) is 13.8 Å². The first-order chi connectivity index (χ1) is 14.7. The van der Waals surface area contributed by atoms with Crippen LogP contribution in [0.1, 0.15) is 12.5 Å². The zero-order valence-corrected chi connectivity index (χ0v) is 17.9. The minimum absolute atomic E-state index is 0.151. The molecule has 0 aliphatic rings. The molecule has 0 saturated carbocycles. The van der Waals surface area contributed by atoms with Crippen LogP contribution in [0.25, 0.3) is 16.9 Å². The Hall–Kier alpha value is -3.16. The molecule has 2 heterocycles. The fourth-order valence-electron chi connectivity index (χ4n) is 3.37. The Bertz CT molecular complexity index is 1090. The standard InChI is InChI=1S/C23H25N5OS/c1-3-27(12-13-29)20-8-9-21(17(2)14-20)25-23-26-22(15-30-23)18-4-6-19(7-5-18)28-11-10-24-16-28/h4-11,14-16,29H,3,12-13H2,1-2H3,(H,25,26). The predicted molar refractivity (Wildman–Crippen MR) is 124 cm³/mol. The van der Waals surface area contributed by atoms with E-state index >= 15 is 0 Å². The van der Waals surface area contributed by atoms with Crippen molar-refractivity contribution >= 4 is 27.8 Å². The van der Waals surface area contributed by atoms with Gasteiger partial charge >= 0.3 is 0 Å². The highest BCUT2D eigenvalue weighted by atomic mass is 32.1. The average molecular weight is 420 g/mol. The van der Waals surface area contributed by atoms with Gasteiger partial charge in [0.2, 0.25) is 0 Å². The van der Waals surface area contributed by atoms with Crippen LogP contribution in [0, 0.1) is 6.92 Å². The molecule has 4 aromatic rings. The summed E-state index contributed by atoms with van der Waals surface area (Å²) in [5.41, 5.74) is 6.41. The number of thiazole rings is 1. The number of likely N-dealkylation sites (N-methyl/N-ethyl adjacent to an activating group) is 1. The maximum atomic E-state index is 9.24. The summed E-state index contributed by atoms with van der Waals surface area (Å²) in [7, 11) is 0. The minimum Gasteiger partial charge on any atom is -0.395 e. The zero-order valence-electron chi connectivity index (χ0n) is 17.1. The molecule has 0 saturated heterocycles. The van der Waals surface area contributed by atoms with E-state index in [0.717, 1.165) is 45.6 Å². The number of aromatic nitrogens is 3. The van der Waals surface area contributed by atoms with Gasteiger partial charge in [0.1, 0.15) is 0 Å². The molecule has 0 fully saturated rings. The fraction of sp³-hybridized carbons (Fsp3) is 0.217. The smallest absolute Gasteiger partial charge is 0.187 e. The lowest BCUT2D eigenvalue weighted by Gasteiger charge is -2.23. The molecule has 7 heteroatoms. The lowest BCUT2D eigenvalue weighted by Crippen LogP contribution is -2.26. The van der Waals surface area contributed by atoms with Crippen molar-refractivity contribution in [1.29, 1.82) is 0 Å². The van der Waals surface area contributed by atoms with Crippen molar-refractivity contribution in [3.8, 4) is 16.9 Å². The first kappa shape index (κ1) is 20.1. The highest BCUT2D eigenvalue weighted by Gasteiger charge is 2.09. The van der Waals surface area contributed by atoms with Gasteiger partial charge in [-0.2, -0.15) is 0 Å². The molecule has 0 aliphatic carbocycles. The van der Waals surface area contributed by atoms with Crippen LogP contribution in [0.3, 0.4) is 0 Å².